The topological polar surface area (TPSA) is 46.3 Å². The number of rotatable bonds is 2. The number of fused-ring (bicyclic) bond motifs is 1. The third-order valence-electron chi connectivity index (χ3n) is 3.51. The molecule has 1 atom stereocenters. The van der Waals surface area contributed by atoms with Gasteiger partial charge in [0.1, 0.15) is 5.75 Å². The third-order valence-corrected chi connectivity index (χ3v) is 3.51. The fraction of sp³-hybridized carbons (Fsp3) is 0.429. The van der Waals surface area contributed by atoms with Crippen LogP contribution in [0.5, 0.6) is 5.75 Å². The maximum Gasteiger partial charge on any atom is 0.128 e. The van der Waals surface area contributed by atoms with Crippen molar-refractivity contribution in [3.05, 3.63) is 29.5 Å². The first kappa shape index (κ1) is 11.6. The average Bonchev–Trinajstić information content (AvgIpc) is 2.75. The Morgan fingerprint density at radius 2 is 2.28 bits per heavy atom. The Balaban J connectivity index is 2.17. The lowest BCUT2D eigenvalue weighted by Crippen LogP contribution is -2.34. The van der Waals surface area contributed by atoms with E-state index in [1.807, 2.05) is 12.1 Å². The molecule has 1 aliphatic heterocycles. The molecule has 18 heavy (non-hydrogen) atoms. The van der Waals surface area contributed by atoms with Gasteiger partial charge in [-0.15, -0.1) is 0 Å². The van der Waals surface area contributed by atoms with Crippen LogP contribution in [0.2, 0.25) is 0 Å². The lowest BCUT2D eigenvalue weighted by atomic mass is 10.0. The predicted octanol–water partition coefficient (Wildman–Crippen LogP) is 2.15. The van der Waals surface area contributed by atoms with Crippen LogP contribution >= 0.6 is 0 Å². The molecule has 4 nitrogen and oxygen atoms in total. The maximum absolute atomic E-state index is 5.57. The van der Waals surface area contributed by atoms with E-state index in [0.717, 1.165) is 24.4 Å². The number of H-pyrrole nitrogens is 1. The van der Waals surface area contributed by atoms with E-state index in [-0.39, 0.29) is 6.04 Å². The summed E-state index contributed by atoms with van der Waals surface area (Å²) < 4.78 is 11.0. The van der Waals surface area contributed by atoms with Crippen LogP contribution in [0.3, 0.4) is 0 Å². The SMILES string of the molecule is COc1cccc2[nH]c(C)c(C3COCCN3)c12. The number of nitrogens with one attached hydrogen (secondary N) is 2. The molecule has 0 aliphatic carbocycles. The van der Waals surface area contributed by atoms with E-state index in [1.54, 1.807) is 7.11 Å². The van der Waals surface area contributed by atoms with Crippen molar-refractivity contribution in [2.24, 2.45) is 0 Å². The molecule has 0 radical (unpaired) electrons. The molecule has 3 rings (SSSR count). The van der Waals surface area contributed by atoms with Crippen LogP contribution in [0.1, 0.15) is 17.3 Å². The molecule has 96 valence electrons. The minimum Gasteiger partial charge on any atom is -0.496 e. The average molecular weight is 246 g/mol. The molecule has 1 fully saturated rings. The Kier molecular flexibility index (Phi) is 2.97. The summed E-state index contributed by atoms with van der Waals surface area (Å²) in [6.45, 7) is 4.50. The fourth-order valence-electron chi connectivity index (χ4n) is 2.73. The fourth-order valence-corrected chi connectivity index (χ4v) is 2.73. The molecule has 0 saturated carbocycles. The van der Waals surface area contributed by atoms with Gasteiger partial charge in [-0.25, -0.2) is 0 Å². The summed E-state index contributed by atoms with van der Waals surface area (Å²) in [5.41, 5.74) is 3.56. The van der Waals surface area contributed by atoms with Crippen LogP contribution in [-0.2, 0) is 4.74 Å². The first-order chi connectivity index (χ1) is 8.81. The van der Waals surface area contributed by atoms with Crippen molar-refractivity contribution in [3.63, 3.8) is 0 Å². The molecule has 0 spiro atoms. The molecule has 2 aromatic rings. The van der Waals surface area contributed by atoms with E-state index in [4.69, 9.17) is 9.47 Å². The van der Waals surface area contributed by atoms with Gasteiger partial charge in [-0.3, -0.25) is 0 Å². The Morgan fingerprint density at radius 1 is 1.39 bits per heavy atom. The lowest BCUT2D eigenvalue weighted by molar-refractivity contribution is 0.0771. The first-order valence-corrected chi connectivity index (χ1v) is 6.27. The van der Waals surface area contributed by atoms with Crippen molar-refractivity contribution >= 4 is 10.9 Å². The highest BCUT2D eigenvalue weighted by Crippen LogP contribution is 2.35. The third kappa shape index (κ3) is 1.78. The highest BCUT2D eigenvalue weighted by atomic mass is 16.5. The van der Waals surface area contributed by atoms with Gasteiger partial charge in [0.25, 0.3) is 0 Å². The van der Waals surface area contributed by atoms with Gasteiger partial charge in [-0.1, -0.05) is 6.07 Å². The van der Waals surface area contributed by atoms with Gasteiger partial charge in [0, 0.05) is 28.7 Å². The number of aryl methyl sites for hydroxylation is 1. The van der Waals surface area contributed by atoms with Crippen molar-refractivity contribution in [3.8, 4) is 5.75 Å². The van der Waals surface area contributed by atoms with Gasteiger partial charge < -0.3 is 19.8 Å². The molecule has 0 amide bonds. The number of hydrogen-bond acceptors (Lipinski definition) is 3. The predicted molar refractivity (Wildman–Crippen MR) is 71.2 cm³/mol. The summed E-state index contributed by atoms with van der Waals surface area (Å²) in [4.78, 5) is 3.42. The highest BCUT2D eigenvalue weighted by molar-refractivity contribution is 5.91. The molecular formula is C14H18N2O2. The second-order valence-corrected chi connectivity index (χ2v) is 4.63. The number of aromatic nitrogens is 1. The number of methoxy groups -OCH3 is 1. The summed E-state index contributed by atoms with van der Waals surface area (Å²) >= 11 is 0. The molecule has 1 unspecified atom stereocenters. The van der Waals surface area contributed by atoms with Crippen LogP contribution < -0.4 is 10.1 Å². The van der Waals surface area contributed by atoms with Crippen molar-refractivity contribution < 1.29 is 9.47 Å². The molecule has 1 aromatic heterocycles. The van der Waals surface area contributed by atoms with E-state index in [2.05, 4.69) is 23.3 Å². The largest absolute Gasteiger partial charge is 0.496 e. The maximum atomic E-state index is 5.57. The second-order valence-electron chi connectivity index (χ2n) is 4.63. The van der Waals surface area contributed by atoms with E-state index in [1.165, 1.54) is 16.6 Å². The number of morpholine rings is 1. The molecule has 2 N–H and O–H groups in total. The Labute approximate surface area is 106 Å². The van der Waals surface area contributed by atoms with Gasteiger partial charge in [0.05, 0.1) is 26.4 Å². The highest BCUT2D eigenvalue weighted by Gasteiger charge is 2.23. The van der Waals surface area contributed by atoms with Crippen LogP contribution in [0.15, 0.2) is 18.2 Å². The monoisotopic (exact) mass is 246 g/mol. The quantitative estimate of drug-likeness (QED) is 0.853. The van der Waals surface area contributed by atoms with Crippen LogP contribution in [0.25, 0.3) is 10.9 Å². The number of ether oxygens (including phenoxy) is 2. The van der Waals surface area contributed by atoms with Gasteiger partial charge in [0.2, 0.25) is 0 Å². The van der Waals surface area contributed by atoms with Gasteiger partial charge in [0.15, 0.2) is 0 Å². The molecule has 4 heteroatoms. The van der Waals surface area contributed by atoms with Gasteiger partial charge in [-0.05, 0) is 19.1 Å². The minimum atomic E-state index is 0.240. The number of hydrogen-bond donors (Lipinski definition) is 2. The van der Waals surface area contributed by atoms with E-state index in [0.29, 0.717) is 6.61 Å². The Bertz CT molecular complexity index is 556. The van der Waals surface area contributed by atoms with Crippen molar-refractivity contribution in [2.75, 3.05) is 26.9 Å². The second kappa shape index (κ2) is 4.63. The van der Waals surface area contributed by atoms with E-state index < -0.39 is 0 Å². The van der Waals surface area contributed by atoms with Crippen molar-refractivity contribution in [2.45, 2.75) is 13.0 Å². The van der Waals surface area contributed by atoms with E-state index in [9.17, 15) is 0 Å². The van der Waals surface area contributed by atoms with Crippen LogP contribution in [0.4, 0.5) is 0 Å². The zero-order valence-electron chi connectivity index (χ0n) is 10.7. The molecule has 2 heterocycles. The Hall–Kier alpha value is -1.52. The molecular weight excluding hydrogens is 228 g/mol. The number of aromatic amines is 1. The summed E-state index contributed by atoms with van der Waals surface area (Å²) in [5, 5.41) is 4.67. The Morgan fingerprint density at radius 3 is 3.00 bits per heavy atom. The smallest absolute Gasteiger partial charge is 0.128 e. The summed E-state index contributed by atoms with van der Waals surface area (Å²) in [6, 6.07) is 6.33. The lowest BCUT2D eigenvalue weighted by Gasteiger charge is -2.24. The molecule has 1 saturated heterocycles. The van der Waals surface area contributed by atoms with Gasteiger partial charge >= 0.3 is 0 Å². The summed E-state index contributed by atoms with van der Waals surface area (Å²) in [5.74, 6) is 0.916. The van der Waals surface area contributed by atoms with Crippen molar-refractivity contribution in [1.29, 1.82) is 0 Å². The number of benzene rings is 1. The standard InChI is InChI=1S/C14H18N2O2/c1-9-13(11-8-18-7-6-15-11)14-10(16-9)4-3-5-12(14)17-2/h3-5,11,15-16H,6-8H2,1-2H3. The van der Waals surface area contributed by atoms with Gasteiger partial charge in [-0.2, -0.15) is 0 Å². The van der Waals surface area contributed by atoms with Crippen molar-refractivity contribution in [1.82, 2.24) is 10.3 Å². The summed E-state index contributed by atoms with van der Waals surface area (Å²) in [6.07, 6.45) is 0. The molecule has 0 bridgehead atoms. The minimum absolute atomic E-state index is 0.240. The normalized spacial score (nSPS) is 20.2. The molecule has 1 aliphatic rings. The molecule has 1 aromatic carbocycles. The zero-order chi connectivity index (χ0) is 12.5. The van der Waals surface area contributed by atoms with Crippen LogP contribution in [-0.4, -0.2) is 31.9 Å². The zero-order valence-corrected chi connectivity index (χ0v) is 10.7. The van der Waals surface area contributed by atoms with E-state index >= 15 is 0 Å². The van der Waals surface area contributed by atoms with Crippen LogP contribution in [0, 0.1) is 6.92 Å². The summed E-state index contributed by atoms with van der Waals surface area (Å²) in [7, 11) is 1.71. The first-order valence-electron chi connectivity index (χ1n) is 6.27.